The van der Waals surface area contributed by atoms with E-state index < -0.39 is 0 Å². The fraction of sp³-hybridized carbons (Fsp3) is 0.333. The lowest BCUT2D eigenvalue weighted by molar-refractivity contribution is 0.0934. The van der Waals surface area contributed by atoms with E-state index in [0.717, 1.165) is 11.3 Å². The third-order valence-corrected chi connectivity index (χ3v) is 5.17. The summed E-state index contributed by atoms with van der Waals surface area (Å²) >= 11 is 0. The van der Waals surface area contributed by atoms with Crippen molar-refractivity contribution in [3.05, 3.63) is 70.8 Å². The Kier molecular flexibility index (Phi) is 5.16. The van der Waals surface area contributed by atoms with Crippen molar-refractivity contribution in [2.24, 2.45) is 0 Å². The number of carbonyl (C=O) groups excluding carboxylic acids is 2. The van der Waals surface area contributed by atoms with Gasteiger partial charge in [0.25, 0.3) is 11.8 Å². The number of nitrogens with one attached hydrogen (secondary N) is 2. The number of aryl methyl sites for hydroxylation is 2. The second-order valence-electron chi connectivity index (χ2n) is 7.21. The maximum atomic E-state index is 12.6. The Labute approximate surface area is 168 Å². The van der Waals surface area contributed by atoms with Gasteiger partial charge in [-0.05, 0) is 19.4 Å². The summed E-state index contributed by atoms with van der Waals surface area (Å²) in [5.41, 5.74) is 3.74. The quantitative estimate of drug-likeness (QED) is 0.668. The fourth-order valence-corrected chi connectivity index (χ4v) is 3.62. The van der Waals surface area contributed by atoms with E-state index in [0.29, 0.717) is 42.9 Å². The zero-order valence-electron chi connectivity index (χ0n) is 16.6. The lowest BCUT2D eigenvalue weighted by atomic mass is 10.1. The number of amides is 2. The van der Waals surface area contributed by atoms with Gasteiger partial charge in [-0.1, -0.05) is 30.3 Å². The maximum Gasteiger partial charge on any atom is 0.255 e. The molecule has 2 N–H and O–H groups in total. The standard InChI is InChI=1S/C21H24N6O2/c1-3-26-13-18(14(2)25-26)21(29)24-16-9-19-17(11-23-27(19)12-16)20(28)22-10-15-7-5-4-6-8-15/h4-8,11,13,16H,3,9-10,12H2,1-2H3,(H,22,28)(H,24,29)/t16-/m0/s1. The van der Waals surface area contributed by atoms with Gasteiger partial charge in [-0.2, -0.15) is 10.2 Å². The monoisotopic (exact) mass is 392 g/mol. The molecule has 1 aliphatic rings. The van der Waals surface area contributed by atoms with Crippen molar-refractivity contribution in [3.8, 4) is 0 Å². The summed E-state index contributed by atoms with van der Waals surface area (Å²) in [7, 11) is 0. The van der Waals surface area contributed by atoms with Gasteiger partial charge < -0.3 is 10.6 Å². The summed E-state index contributed by atoms with van der Waals surface area (Å²) in [5, 5.41) is 14.6. The second-order valence-corrected chi connectivity index (χ2v) is 7.21. The van der Waals surface area contributed by atoms with Crippen molar-refractivity contribution in [3.63, 3.8) is 0 Å². The number of hydrogen-bond donors (Lipinski definition) is 2. The normalized spacial score (nSPS) is 15.2. The molecule has 0 bridgehead atoms. The fourth-order valence-electron chi connectivity index (χ4n) is 3.62. The van der Waals surface area contributed by atoms with Crippen LogP contribution in [0.3, 0.4) is 0 Å². The third kappa shape index (κ3) is 3.91. The molecule has 8 nitrogen and oxygen atoms in total. The van der Waals surface area contributed by atoms with Crippen LogP contribution < -0.4 is 10.6 Å². The molecular weight excluding hydrogens is 368 g/mol. The van der Waals surface area contributed by atoms with E-state index in [1.54, 1.807) is 21.8 Å². The zero-order valence-corrected chi connectivity index (χ0v) is 16.6. The Hall–Kier alpha value is -3.42. The zero-order chi connectivity index (χ0) is 20.4. The average molecular weight is 392 g/mol. The molecule has 0 unspecified atom stereocenters. The first-order valence-electron chi connectivity index (χ1n) is 9.77. The van der Waals surface area contributed by atoms with Crippen LogP contribution in [0.5, 0.6) is 0 Å². The SMILES string of the molecule is CCn1cc(C(=O)N[C@H]2Cc3c(C(=O)NCc4ccccc4)cnn3C2)c(C)n1. The van der Waals surface area contributed by atoms with Crippen molar-refractivity contribution >= 4 is 11.8 Å². The van der Waals surface area contributed by atoms with Crippen LogP contribution in [0, 0.1) is 6.92 Å². The predicted octanol–water partition coefficient (Wildman–Crippen LogP) is 1.69. The largest absolute Gasteiger partial charge is 0.348 e. The summed E-state index contributed by atoms with van der Waals surface area (Å²) in [5.74, 6) is -0.296. The Balaban J connectivity index is 1.39. The molecule has 0 saturated carbocycles. The molecule has 0 fully saturated rings. The minimum atomic E-state index is -0.151. The molecule has 1 aromatic carbocycles. The van der Waals surface area contributed by atoms with Crippen LogP contribution >= 0.6 is 0 Å². The van der Waals surface area contributed by atoms with Crippen LogP contribution in [0.1, 0.15) is 44.6 Å². The van der Waals surface area contributed by atoms with Crippen LogP contribution in [-0.4, -0.2) is 37.4 Å². The minimum Gasteiger partial charge on any atom is -0.348 e. The summed E-state index contributed by atoms with van der Waals surface area (Å²) in [4.78, 5) is 25.2. The Bertz CT molecular complexity index is 1040. The van der Waals surface area contributed by atoms with Crippen molar-refractivity contribution < 1.29 is 9.59 Å². The van der Waals surface area contributed by atoms with Gasteiger partial charge >= 0.3 is 0 Å². The van der Waals surface area contributed by atoms with E-state index in [4.69, 9.17) is 0 Å². The van der Waals surface area contributed by atoms with Gasteiger partial charge in [-0.25, -0.2) is 0 Å². The van der Waals surface area contributed by atoms with E-state index in [1.165, 1.54) is 0 Å². The number of benzene rings is 1. The lowest BCUT2D eigenvalue weighted by Gasteiger charge is -2.11. The van der Waals surface area contributed by atoms with Crippen LogP contribution in [0.15, 0.2) is 42.7 Å². The van der Waals surface area contributed by atoms with E-state index >= 15 is 0 Å². The predicted molar refractivity (Wildman–Crippen MR) is 107 cm³/mol. The Morgan fingerprint density at radius 3 is 2.69 bits per heavy atom. The molecule has 0 spiro atoms. The van der Waals surface area contributed by atoms with Crippen molar-refractivity contribution in [1.29, 1.82) is 0 Å². The first-order valence-corrected chi connectivity index (χ1v) is 9.77. The topological polar surface area (TPSA) is 93.8 Å². The molecule has 2 aromatic heterocycles. The molecule has 150 valence electrons. The van der Waals surface area contributed by atoms with Crippen molar-refractivity contribution in [1.82, 2.24) is 30.2 Å². The van der Waals surface area contributed by atoms with E-state index in [1.807, 2.05) is 44.2 Å². The highest BCUT2D eigenvalue weighted by molar-refractivity contribution is 5.96. The lowest BCUT2D eigenvalue weighted by Crippen LogP contribution is -2.36. The first-order chi connectivity index (χ1) is 14.0. The number of rotatable bonds is 6. The average Bonchev–Trinajstić information content (AvgIpc) is 3.40. The van der Waals surface area contributed by atoms with Gasteiger partial charge in [0.2, 0.25) is 0 Å². The van der Waals surface area contributed by atoms with Gasteiger partial charge in [0.15, 0.2) is 0 Å². The van der Waals surface area contributed by atoms with Crippen LogP contribution in [0.25, 0.3) is 0 Å². The van der Waals surface area contributed by atoms with Gasteiger partial charge in [-0.3, -0.25) is 19.0 Å². The third-order valence-electron chi connectivity index (χ3n) is 5.17. The molecule has 3 heterocycles. The van der Waals surface area contributed by atoms with Crippen LogP contribution in [0.4, 0.5) is 0 Å². The minimum absolute atomic E-state index is 0.101. The van der Waals surface area contributed by atoms with Gasteiger partial charge in [0.1, 0.15) is 0 Å². The van der Waals surface area contributed by atoms with Crippen molar-refractivity contribution in [2.75, 3.05) is 0 Å². The highest BCUT2D eigenvalue weighted by Crippen LogP contribution is 2.20. The highest BCUT2D eigenvalue weighted by atomic mass is 16.2. The summed E-state index contributed by atoms with van der Waals surface area (Å²) in [6, 6.07) is 9.67. The first kappa shape index (κ1) is 18.9. The molecule has 0 aliphatic carbocycles. The van der Waals surface area contributed by atoms with Gasteiger partial charge in [0, 0.05) is 25.7 Å². The maximum absolute atomic E-state index is 12.6. The van der Waals surface area contributed by atoms with Crippen LogP contribution in [0.2, 0.25) is 0 Å². The van der Waals surface area contributed by atoms with Crippen LogP contribution in [-0.2, 0) is 26.1 Å². The van der Waals surface area contributed by atoms with Crippen molar-refractivity contribution in [2.45, 2.75) is 45.9 Å². The molecule has 1 aliphatic heterocycles. The van der Waals surface area contributed by atoms with E-state index in [9.17, 15) is 9.59 Å². The summed E-state index contributed by atoms with van der Waals surface area (Å²) in [6.45, 7) is 5.54. The number of hydrogen-bond acceptors (Lipinski definition) is 4. The number of aromatic nitrogens is 4. The Morgan fingerprint density at radius 2 is 1.97 bits per heavy atom. The molecule has 1 atom stereocenters. The highest BCUT2D eigenvalue weighted by Gasteiger charge is 2.29. The molecule has 0 saturated heterocycles. The van der Waals surface area contributed by atoms with E-state index in [2.05, 4.69) is 20.8 Å². The number of nitrogens with zero attached hydrogens (tertiary/aromatic N) is 4. The van der Waals surface area contributed by atoms with Gasteiger partial charge in [-0.15, -0.1) is 0 Å². The smallest absolute Gasteiger partial charge is 0.255 e. The van der Waals surface area contributed by atoms with Gasteiger partial charge in [0.05, 0.1) is 41.3 Å². The number of carbonyl (C=O) groups is 2. The molecule has 0 radical (unpaired) electrons. The van der Waals surface area contributed by atoms with E-state index in [-0.39, 0.29) is 17.9 Å². The molecule has 29 heavy (non-hydrogen) atoms. The molecule has 2 amide bonds. The molecule has 3 aromatic rings. The summed E-state index contributed by atoms with van der Waals surface area (Å²) in [6.07, 6.45) is 3.94. The Morgan fingerprint density at radius 1 is 1.17 bits per heavy atom. The summed E-state index contributed by atoms with van der Waals surface area (Å²) < 4.78 is 3.55. The molecule has 4 rings (SSSR count). The number of fused-ring (bicyclic) bond motifs is 1. The molecule has 8 heteroatoms. The second kappa shape index (κ2) is 7.90. The molecular formula is C21H24N6O2.